The van der Waals surface area contributed by atoms with Crippen molar-refractivity contribution in [1.82, 2.24) is 0 Å². The SMILES string of the molecule is NC(=O)Cc1ccccc1O[C@@H]1O[C@H](CO)[C@@H](OC(=O)c2ccccc2)[C@H](OC(=O)c2ccccc2)[C@H]1OC(=O)c1ccccc1. The summed E-state index contributed by atoms with van der Waals surface area (Å²) < 4.78 is 29.9. The van der Waals surface area contributed by atoms with Crippen molar-refractivity contribution < 1.29 is 48.0 Å². The molecular weight excluding hydrogens is 594 g/mol. The predicted octanol–water partition coefficient (Wildman–Crippen LogP) is 3.49. The molecule has 5 rings (SSSR count). The monoisotopic (exact) mass is 625 g/mol. The van der Waals surface area contributed by atoms with E-state index >= 15 is 0 Å². The number of nitrogens with two attached hydrogens (primary N) is 1. The maximum absolute atomic E-state index is 13.5. The average Bonchev–Trinajstić information content (AvgIpc) is 3.08. The minimum atomic E-state index is -1.54. The molecular formula is C35H31NO10. The number of primary amides is 1. The van der Waals surface area contributed by atoms with Crippen LogP contribution in [0.3, 0.4) is 0 Å². The number of amides is 1. The minimum Gasteiger partial charge on any atom is -0.460 e. The number of carbonyl (C=O) groups is 4. The van der Waals surface area contributed by atoms with E-state index in [-0.39, 0.29) is 28.9 Å². The third-order valence-electron chi connectivity index (χ3n) is 7.11. The standard InChI is InChI=1S/C35H31NO10/c36-28(38)20-25-18-10-11-19-26(25)42-35-31(46-34(41)24-16-8-3-9-17-24)30(45-33(40)23-14-6-2-7-15-23)29(27(21-37)43-35)44-32(39)22-12-4-1-5-13-22/h1-19,27,29-31,35,37H,20-21H2,(H2,36,38)/t27-,29-,30+,31-,35-/m1/s1. The Balaban J connectivity index is 1.57. The van der Waals surface area contributed by atoms with Crippen LogP contribution in [0, 0.1) is 0 Å². The van der Waals surface area contributed by atoms with Gasteiger partial charge in [-0.3, -0.25) is 4.79 Å². The molecule has 1 saturated heterocycles. The fourth-order valence-electron chi connectivity index (χ4n) is 4.90. The van der Waals surface area contributed by atoms with Crippen molar-refractivity contribution >= 4 is 23.8 Å². The molecule has 1 aliphatic rings. The van der Waals surface area contributed by atoms with Gasteiger partial charge in [-0.05, 0) is 42.5 Å². The summed E-state index contributed by atoms with van der Waals surface area (Å²) in [7, 11) is 0. The number of carbonyl (C=O) groups excluding carboxylic acids is 4. The maximum Gasteiger partial charge on any atom is 0.338 e. The number of rotatable bonds is 11. The molecule has 1 aliphatic heterocycles. The summed E-state index contributed by atoms with van der Waals surface area (Å²) in [6.07, 6.45) is -7.53. The minimum absolute atomic E-state index is 0.164. The quantitative estimate of drug-likeness (QED) is 0.187. The molecule has 11 nitrogen and oxygen atoms in total. The first-order chi connectivity index (χ1) is 22.3. The van der Waals surface area contributed by atoms with E-state index in [4.69, 9.17) is 29.4 Å². The Morgan fingerprint density at radius 1 is 0.609 bits per heavy atom. The molecule has 0 spiro atoms. The molecule has 0 bridgehead atoms. The van der Waals surface area contributed by atoms with E-state index in [1.165, 1.54) is 36.4 Å². The molecule has 236 valence electrons. The Labute approximate surface area is 264 Å². The van der Waals surface area contributed by atoms with Crippen molar-refractivity contribution in [2.24, 2.45) is 5.73 Å². The van der Waals surface area contributed by atoms with Gasteiger partial charge in [-0.15, -0.1) is 0 Å². The summed E-state index contributed by atoms with van der Waals surface area (Å²) in [5, 5.41) is 10.4. The van der Waals surface area contributed by atoms with Crippen molar-refractivity contribution in [2.75, 3.05) is 6.61 Å². The van der Waals surface area contributed by atoms with Crippen LogP contribution in [-0.4, -0.2) is 66.2 Å². The molecule has 0 unspecified atom stereocenters. The number of hydrogen-bond donors (Lipinski definition) is 2. The lowest BCUT2D eigenvalue weighted by atomic mass is 9.97. The molecule has 1 heterocycles. The Kier molecular flexibility index (Phi) is 10.4. The van der Waals surface area contributed by atoms with Gasteiger partial charge < -0.3 is 34.5 Å². The average molecular weight is 626 g/mol. The second kappa shape index (κ2) is 15.0. The first-order valence-electron chi connectivity index (χ1n) is 14.4. The number of aliphatic hydroxyl groups is 1. The number of benzene rings is 4. The van der Waals surface area contributed by atoms with Crippen LogP contribution in [0.4, 0.5) is 0 Å². The van der Waals surface area contributed by atoms with Crippen LogP contribution in [0.5, 0.6) is 5.75 Å². The van der Waals surface area contributed by atoms with Gasteiger partial charge in [0.05, 0.1) is 29.7 Å². The van der Waals surface area contributed by atoms with Crippen LogP contribution in [0.15, 0.2) is 115 Å². The van der Waals surface area contributed by atoms with Crippen LogP contribution in [0.25, 0.3) is 0 Å². The van der Waals surface area contributed by atoms with E-state index in [9.17, 15) is 24.3 Å². The van der Waals surface area contributed by atoms with Gasteiger partial charge in [0.2, 0.25) is 18.3 Å². The van der Waals surface area contributed by atoms with Crippen molar-refractivity contribution in [3.8, 4) is 5.75 Å². The second-order valence-corrected chi connectivity index (χ2v) is 10.3. The largest absolute Gasteiger partial charge is 0.460 e. The normalized spacial score (nSPS) is 20.6. The summed E-state index contributed by atoms with van der Waals surface area (Å²) in [5.41, 5.74) is 6.37. The zero-order valence-electron chi connectivity index (χ0n) is 24.5. The van der Waals surface area contributed by atoms with Crippen LogP contribution < -0.4 is 10.5 Å². The summed E-state index contributed by atoms with van der Waals surface area (Å²) >= 11 is 0. The Hall–Kier alpha value is -5.52. The lowest BCUT2D eigenvalue weighted by Crippen LogP contribution is -2.63. The molecule has 1 amide bonds. The van der Waals surface area contributed by atoms with Gasteiger partial charge in [0.25, 0.3) is 0 Å². The van der Waals surface area contributed by atoms with Crippen molar-refractivity contribution in [2.45, 2.75) is 37.1 Å². The number of esters is 3. The molecule has 0 radical (unpaired) electrons. The van der Waals surface area contributed by atoms with Crippen LogP contribution >= 0.6 is 0 Å². The Bertz CT molecular complexity index is 1650. The van der Waals surface area contributed by atoms with Gasteiger partial charge in [-0.1, -0.05) is 72.8 Å². The number of para-hydroxylation sites is 1. The second-order valence-electron chi connectivity index (χ2n) is 10.3. The molecule has 1 fully saturated rings. The highest BCUT2D eigenvalue weighted by Gasteiger charge is 2.53. The summed E-state index contributed by atoms with van der Waals surface area (Å²) in [6, 6.07) is 30.6. The van der Waals surface area contributed by atoms with E-state index in [2.05, 4.69) is 0 Å². The zero-order chi connectivity index (χ0) is 32.5. The van der Waals surface area contributed by atoms with Gasteiger partial charge in [-0.2, -0.15) is 0 Å². The van der Waals surface area contributed by atoms with Crippen LogP contribution in [-0.2, 0) is 30.2 Å². The maximum atomic E-state index is 13.5. The Morgan fingerprint density at radius 2 is 1.04 bits per heavy atom. The number of hydrogen-bond acceptors (Lipinski definition) is 10. The van der Waals surface area contributed by atoms with Gasteiger partial charge >= 0.3 is 17.9 Å². The number of ether oxygens (including phenoxy) is 5. The first-order valence-corrected chi connectivity index (χ1v) is 14.4. The molecule has 4 aromatic carbocycles. The molecule has 46 heavy (non-hydrogen) atoms. The lowest BCUT2D eigenvalue weighted by molar-refractivity contribution is -0.275. The van der Waals surface area contributed by atoms with E-state index in [1.54, 1.807) is 78.9 Å². The summed E-state index contributed by atoms with van der Waals surface area (Å²) in [5.74, 6) is -2.89. The predicted molar refractivity (Wildman–Crippen MR) is 163 cm³/mol. The van der Waals surface area contributed by atoms with Crippen LogP contribution in [0.2, 0.25) is 0 Å². The highest BCUT2D eigenvalue weighted by Crippen LogP contribution is 2.33. The third-order valence-corrected chi connectivity index (χ3v) is 7.11. The Morgan fingerprint density at radius 3 is 1.52 bits per heavy atom. The van der Waals surface area contributed by atoms with E-state index in [1.807, 2.05) is 0 Å². The van der Waals surface area contributed by atoms with E-state index in [0.717, 1.165) is 0 Å². The van der Waals surface area contributed by atoms with E-state index in [0.29, 0.717) is 5.56 Å². The molecule has 11 heteroatoms. The third kappa shape index (κ3) is 7.76. The van der Waals surface area contributed by atoms with E-state index < -0.39 is 61.1 Å². The fourth-order valence-corrected chi connectivity index (χ4v) is 4.90. The van der Waals surface area contributed by atoms with Gasteiger partial charge in [0.15, 0.2) is 12.2 Å². The lowest BCUT2D eigenvalue weighted by Gasteiger charge is -2.44. The van der Waals surface area contributed by atoms with Crippen LogP contribution in [0.1, 0.15) is 36.6 Å². The fraction of sp³-hybridized carbons (Fsp3) is 0.200. The first kappa shape index (κ1) is 31.9. The topological polar surface area (TPSA) is 161 Å². The molecule has 3 N–H and O–H groups in total. The molecule has 0 aromatic heterocycles. The van der Waals surface area contributed by atoms with Crippen molar-refractivity contribution in [1.29, 1.82) is 0 Å². The highest BCUT2D eigenvalue weighted by molar-refractivity contribution is 5.91. The molecule has 4 aromatic rings. The molecule has 0 saturated carbocycles. The summed E-state index contributed by atoms with van der Waals surface area (Å²) in [4.78, 5) is 51.9. The zero-order valence-corrected chi connectivity index (χ0v) is 24.5. The van der Waals surface area contributed by atoms with Crippen molar-refractivity contribution in [3.63, 3.8) is 0 Å². The molecule has 5 atom stereocenters. The smallest absolute Gasteiger partial charge is 0.338 e. The summed E-state index contributed by atoms with van der Waals surface area (Å²) in [6.45, 7) is -0.700. The van der Waals surface area contributed by atoms with Gasteiger partial charge in [0, 0.05) is 5.56 Å². The van der Waals surface area contributed by atoms with Crippen molar-refractivity contribution in [3.05, 3.63) is 138 Å². The van der Waals surface area contributed by atoms with Gasteiger partial charge in [-0.25, -0.2) is 14.4 Å². The molecule has 0 aliphatic carbocycles. The highest BCUT2D eigenvalue weighted by atomic mass is 16.7. The number of aliphatic hydroxyl groups excluding tert-OH is 1. The van der Waals surface area contributed by atoms with Gasteiger partial charge in [0.1, 0.15) is 11.9 Å².